The lowest BCUT2D eigenvalue weighted by Crippen LogP contribution is -2.13. The highest BCUT2D eigenvalue weighted by atomic mass is 32.1. The van der Waals surface area contributed by atoms with E-state index in [2.05, 4.69) is 24.3 Å². The van der Waals surface area contributed by atoms with Crippen LogP contribution in [-0.2, 0) is 0 Å². The molecular weight excluding hydrogens is 444 g/mol. The maximum Gasteiger partial charge on any atom is 0.217 e. The summed E-state index contributed by atoms with van der Waals surface area (Å²) in [6, 6.07) is 12.6. The molecule has 32 heavy (non-hydrogen) atoms. The zero-order valence-corrected chi connectivity index (χ0v) is 18.4. The highest BCUT2D eigenvalue weighted by Gasteiger charge is 2.19. The molecule has 8 heteroatoms. The van der Waals surface area contributed by atoms with Crippen molar-refractivity contribution < 1.29 is 18.9 Å². The second kappa shape index (κ2) is 7.08. The Morgan fingerprint density at radius 2 is 1.06 bits per heavy atom. The highest BCUT2D eigenvalue weighted by Crippen LogP contribution is 2.45. The number of nitrogens with zero attached hydrogens (tertiary/aromatic N) is 2. The van der Waals surface area contributed by atoms with E-state index in [0.29, 0.717) is 26.4 Å². The van der Waals surface area contributed by atoms with E-state index < -0.39 is 0 Å². The molecule has 158 valence electrons. The van der Waals surface area contributed by atoms with Crippen LogP contribution in [0, 0.1) is 0 Å². The third kappa shape index (κ3) is 2.91. The molecule has 0 spiro atoms. The standard InChI is InChI=1S/C24H16N2O4S2/c1-2-14-8-16(20-10-18-24(32-20)30-6-4-28-18)12-26-22(14)21-13(1)7-15(11-25-21)19-9-17-23(31-19)29-5-3-27-17/h1-2,7-12H,3-6H2. The number of thiophene rings is 2. The molecule has 0 bridgehead atoms. The molecular formula is C24H16N2O4S2. The van der Waals surface area contributed by atoms with E-state index in [9.17, 15) is 0 Å². The third-order valence-electron chi connectivity index (χ3n) is 5.55. The summed E-state index contributed by atoms with van der Waals surface area (Å²) in [6.45, 7) is 2.37. The van der Waals surface area contributed by atoms with Gasteiger partial charge in [0.2, 0.25) is 10.1 Å². The molecule has 0 atom stereocenters. The van der Waals surface area contributed by atoms with Crippen LogP contribution in [0.4, 0.5) is 0 Å². The van der Waals surface area contributed by atoms with Gasteiger partial charge in [-0.05, 0) is 12.1 Å². The molecule has 1 aromatic carbocycles. The van der Waals surface area contributed by atoms with Crippen molar-refractivity contribution in [2.24, 2.45) is 0 Å². The average molecular weight is 461 g/mol. The van der Waals surface area contributed by atoms with Crippen LogP contribution in [0.1, 0.15) is 0 Å². The summed E-state index contributed by atoms with van der Waals surface area (Å²) < 4.78 is 22.8. The Morgan fingerprint density at radius 3 is 1.53 bits per heavy atom. The Hall–Kier alpha value is -3.36. The molecule has 0 N–H and O–H groups in total. The zero-order chi connectivity index (χ0) is 21.1. The molecule has 6 nitrogen and oxygen atoms in total. The van der Waals surface area contributed by atoms with Crippen molar-refractivity contribution in [2.45, 2.75) is 0 Å². The van der Waals surface area contributed by atoms with Gasteiger partial charge in [-0.1, -0.05) is 34.8 Å². The molecule has 4 aromatic heterocycles. The summed E-state index contributed by atoms with van der Waals surface area (Å²) in [5.41, 5.74) is 3.88. The van der Waals surface area contributed by atoms with Gasteiger partial charge in [-0.2, -0.15) is 0 Å². The second-order valence-corrected chi connectivity index (χ2v) is 9.61. The normalized spacial score (nSPS) is 14.8. The molecule has 6 heterocycles. The Labute approximate surface area is 191 Å². The van der Waals surface area contributed by atoms with Crippen LogP contribution < -0.4 is 18.9 Å². The summed E-state index contributed by atoms with van der Waals surface area (Å²) in [6.07, 6.45) is 3.80. The average Bonchev–Trinajstić information content (AvgIpc) is 3.47. The van der Waals surface area contributed by atoms with Crippen molar-refractivity contribution in [1.82, 2.24) is 9.97 Å². The molecule has 0 amide bonds. The van der Waals surface area contributed by atoms with E-state index in [1.165, 1.54) is 0 Å². The monoisotopic (exact) mass is 460 g/mol. The minimum atomic E-state index is 0.590. The molecule has 5 aromatic rings. The summed E-state index contributed by atoms with van der Waals surface area (Å²) >= 11 is 3.18. The van der Waals surface area contributed by atoms with Crippen LogP contribution in [0.3, 0.4) is 0 Å². The maximum atomic E-state index is 5.69. The lowest BCUT2D eigenvalue weighted by molar-refractivity contribution is 0.178. The highest BCUT2D eigenvalue weighted by molar-refractivity contribution is 7.18. The van der Waals surface area contributed by atoms with Crippen molar-refractivity contribution in [3.8, 4) is 42.5 Å². The van der Waals surface area contributed by atoms with Gasteiger partial charge in [0.25, 0.3) is 0 Å². The quantitative estimate of drug-likeness (QED) is 0.311. The topological polar surface area (TPSA) is 62.7 Å². The van der Waals surface area contributed by atoms with E-state index in [1.54, 1.807) is 22.7 Å². The van der Waals surface area contributed by atoms with Gasteiger partial charge in [-0.25, -0.2) is 0 Å². The van der Waals surface area contributed by atoms with Crippen LogP contribution in [0.25, 0.3) is 42.7 Å². The van der Waals surface area contributed by atoms with Gasteiger partial charge >= 0.3 is 0 Å². The minimum absolute atomic E-state index is 0.590. The van der Waals surface area contributed by atoms with Gasteiger partial charge in [0.15, 0.2) is 11.5 Å². The van der Waals surface area contributed by atoms with Gasteiger partial charge < -0.3 is 18.9 Å². The SMILES string of the molecule is c1nc2c(ccc3cc(-c4cc5c(s4)OCCO5)cnc32)cc1-c1cc2c(s1)OCCO2. The Morgan fingerprint density at radius 1 is 0.594 bits per heavy atom. The van der Waals surface area contributed by atoms with Crippen molar-refractivity contribution in [1.29, 1.82) is 0 Å². The smallest absolute Gasteiger partial charge is 0.217 e. The maximum absolute atomic E-state index is 5.69. The van der Waals surface area contributed by atoms with Crippen molar-refractivity contribution in [2.75, 3.05) is 26.4 Å². The van der Waals surface area contributed by atoms with Crippen molar-refractivity contribution >= 4 is 44.5 Å². The Kier molecular flexibility index (Phi) is 4.03. The number of rotatable bonds is 2. The van der Waals surface area contributed by atoms with Crippen LogP contribution >= 0.6 is 22.7 Å². The number of ether oxygens (including phenoxy) is 4. The van der Waals surface area contributed by atoms with E-state index in [0.717, 1.165) is 64.3 Å². The van der Waals surface area contributed by atoms with E-state index in [-0.39, 0.29) is 0 Å². The minimum Gasteiger partial charge on any atom is -0.485 e. The summed E-state index contributed by atoms with van der Waals surface area (Å²) in [5.74, 6) is 1.63. The molecule has 2 aliphatic rings. The predicted octanol–water partition coefficient (Wildman–Crippen LogP) is 5.78. The van der Waals surface area contributed by atoms with E-state index in [1.807, 2.05) is 24.5 Å². The van der Waals surface area contributed by atoms with Crippen molar-refractivity contribution in [3.63, 3.8) is 0 Å². The molecule has 0 unspecified atom stereocenters. The third-order valence-corrected chi connectivity index (χ3v) is 7.71. The molecule has 2 aliphatic heterocycles. The Balaban J connectivity index is 1.29. The first-order valence-electron chi connectivity index (χ1n) is 10.3. The van der Waals surface area contributed by atoms with Gasteiger partial charge in [0.05, 0.1) is 11.0 Å². The molecule has 7 rings (SSSR count). The number of aromatic nitrogens is 2. The second-order valence-electron chi connectivity index (χ2n) is 7.58. The number of benzene rings is 1. The fourth-order valence-corrected chi connectivity index (χ4v) is 5.95. The largest absolute Gasteiger partial charge is 0.485 e. The molecule has 0 aliphatic carbocycles. The van der Waals surface area contributed by atoms with E-state index >= 15 is 0 Å². The first-order chi connectivity index (χ1) is 15.8. The number of fused-ring (bicyclic) bond motifs is 5. The van der Waals surface area contributed by atoms with Crippen LogP contribution in [0.2, 0.25) is 0 Å². The number of hydrogen-bond donors (Lipinski definition) is 0. The van der Waals surface area contributed by atoms with Gasteiger partial charge in [0.1, 0.15) is 26.4 Å². The lowest BCUT2D eigenvalue weighted by Gasteiger charge is -2.13. The molecule has 0 saturated heterocycles. The van der Waals surface area contributed by atoms with Crippen molar-refractivity contribution in [3.05, 3.63) is 48.8 Å². The Bertz CT molecular complexity index is 1350. The lowest BCUT2D eigenvalue weighted by atomic mass is 10.1. The molecule has 0 radical (unpaired) electrons. The van der Waals surface area contributed by atoms with Crippen LogP contribution in [0.5, 0.6) is 21.6 Å². The fraction of sp³-hybridized carbons (Fsp3) is 0.167. The summed E-state index contributed by atoms with van der Waals surface area (Å²) in [4.78, 5) is 11.7. The van der Waals surface area contributed by atoms with Gasteiger partial charge in [-0.3, -0.25) is 9.97 Å². The summed E-state index contributed by atoms with van der Waals surface area (Å²) in [5, 5.41) is 3.78. The summed E-state index contributed by atoms with van der Waals surface area (Å²) in [7, 11) is 0. The molecule has 0 saturated carbocycles. The fourth-order valence-electron chi connectivity index (χ4n) is 4.04. The predicted molar refractivity (Wildman–Crippen MR) is 126 cm³/mol. The van der Waals surface area contributed by atoms with Crippen LogP contribution in [-0.4, -0.2) is 36.4 Å². The molecule has 0 fully saturated rings. The van der Waals surface area contributed by atoms with Crippen LogP contribution in [0.15, 0.2) is 48.8 Å². The first kappa shape index (κ1) is 18.2. The number of pyridine rings is 2. The van der Waals surface area contributed by atoms with E-state index in [4.69, 9.17) is 28.9 Å². The van der Waals surface area contributed by atoms with Gasteiger partial charge in [-0.15, -0.1) is 0 Å². The number of hydrogen-bond acceptors (Lipinski definition) is 8. The first-order valence-corrected chi connectivity index (χ1v) is 11.9. The zero-order valence-electron chi connectivity index (χ0n) is 16.8. The van der Waals surface area contributed by atoms with Gasteiger partial charge in [0, 0.05) is 56.2 Å².